The summed E-state index contributed by atoms with van der Waals surface area (Å²) in [6, 6.07) is 57.6. The Bertz CT molecular complexity index is 2740. The molecule has 210 valence electrons. The highest BCUT2D eigenvalue weighted by Gasteiger charge is 2.21. The maximum atomic E-state index is 2.52. The Hall–Kier alpha value is -5.64. The Labute approximate surface area is 263 Å². The topological polar surface area (TPSA) is 9.86 Å². The van der Waals surface area contributed by atoms with Crippen molar-refractivity contribution < 1.29 is 0 Å². The summed E-state index contributed by atoms with van der Waals surface area (Å²) in [4.78, 5) is 0. The SMILES string of the molecule is c1ccc(-c2cccc(-n3c4cc5c(cc4c4ccc6sc7ccccc7c6c43)c3ccccc3n5-c3ccccc3)c2)cc1. The highest BCUT2D eigenvalue weighted by atomic mass is 32.1. The van der Waals surface area contributed by atoms with Crippen LogP contribution in [0.5, 0.6) is 0 Å². The third-order valence-corrected chi connectivity index (χ3v) is 10.4. The van der Waals surface area contributed by atoms with Crippen molar-refractivity contribution >= 4 is 75.1 Å². The number of aromatic nitrogens is 2. The molecule has 10 rings (SSSR count). The van der Waals surface area contributed by atoms with Gasteiger partial charge in [-0.05, 0) is 65.7 Å². The Morgan fingerprint density at radius 1 is 0.356 bits per heavy atom. The predicted octanol–water partition coefficient (Wildman–Crippen LogP) is 11.9. The van der Waals surface area contributed by atoms with E-state index in [2.05, 4.69) is 167 Å². The zero-order valence-corrected chi connectivity index (χ0v) is 25.1. The second kappa shape index (κ2) is 9.43. The summed E-state index contributed by atoms with van der Waals surface area (Å²) >= 11 is 1.88. The monoisotopic (exact) mass is 590 g/mol. The summed E-state index contributed by atoms with van der Waals surface area (Å²) in [7, 11) is 0. The van der Waals surface area contributed by atoms with E-state index in [9.17, 15) is 0 Å². The number of thiophene rings is 1. The van der Waals surface area contributed by atoms with Gasteiger partial charge in [0.2, 0.25) is 0 Å². The van der Waals surface area contributed by atoms with E-state index in [1.165, 1.54) is 86.3 Å². The standard InChI is InChI=1S/C42H26N2S/c1-3-12-27(13-4-1)28-14-11-17-30(24-28)44-38-26-37-34(31-18-7-9-20-36(31)43(37)29-15-5-2-6-16-29)25-35(38)32-22-23-40-41(42(32)44)33-19-8-10-21-39(33)45-40/h1-26H. The van der Waals surface area contributed by atoms with Gasteiger partial charge in [-0.15, -0.1) is 11.3 Å². The maximum absolute atomic E-state index is 2.52. The third-order valence-electron chi connectivity index (χ3n) is 9.29. The molecule has 3 heterocycles. The smallest absolute Gasteiger partial charge is 0.0634 e. The van der Waals surface area contributed by atoms with Crippen molar-refractivity contribution in [1.29, 1.82) is 0 Å². The fourth-order valence-electron chi connectivity index (χ4n) is 7.35. The van der Waals surface area contributed by atoms with Crippen LogP contribution in [0.15, 0.2) is 158 Å². The molecule has 3 heteroatoms. The van der Waals surface area contributed by atoms with Crippen molar-refractivity contribution in [2.45, 2.75) is 0 Å². The normalized spacial score (nSPS) is 12.0. The first-order valence-electron chi connectivity index (χ1n) is 15.4. The number of fused-ring (bicyclic) bond motifs is 10. The van der Waals surface area contributed by atoms with E-state index in [4.69, 9.17) is 0 Å². The molecule has 10 aromatic rings. The van der Waals surface area contributed by atoms with Crippen LogP contribution in [-0.4, -0.2) is 9.13 Å². The van der Waals surface area contributed by atoms with Crippen molar-refractivity contribution in [1.82, 2.24) is 9.13 Å². The molecule has 7 aromatic carbocycles. The van der Waals surface area contributed by atoms with Gasteiger partial charge in [-0.3, -0.25) is 0 Å². The third kappa shape index (κ3) is 3.56. The lowest BCUT2D eigenvalue weighted by Gasteiger charge is -2.12. The average molecular weight is 591 g/mol. The second-order valence-electron chi connectivity index (χ2n) is 11.8. The molecule has 0 amide bonds. The highest BCUT2D eigenvalue weighted by Crippen LogP contribution is 2.45. The van der Waals surface area contributed by atoms with Gasteiger partial charge in [0.05, 0.1) is 22.1 Å². The zero-order chi connectivity index (χ0) is 29.5. The molecule has 0 unspecified atom stereocenters. The molecule has 0 saturated heterocycles. The lowest BCUT2D eigenvalue weighted by atomic mass is 10.0. The van der Waals surface area contributed by atoms with E-state index in [0.29, 0.717) is 0 Å². The van der Waals surface area contributed by atoms with Crippen molar-refractivity contribution in [2.24, 2.45) is 0 Å². The molecule has 45 heavy (non-hydrogen) atoms. The summed E-state index contributed by atoms with van der Waals surface area (Å²) in [5.41, 5.74) is 9.69. The minimum Gasteiger partial charge on any atom is -0.309 e. The van der Waals surface area contributed by atoms with Crippen LogP contribution in [0.4, 0.5) is 0 Å². The summed E-state index contributed by atoms with van der Waals surface area (Å²) < 4.78 is 7.57. The van der Waals surface area contributed by atoms with Gasteiger partial charge in [-0.25, -0.2) is 0 Å². The Kier molecular flexibility index (Phi) is 5.19. The summed E-state index contributed by atoms with van der Waals surface area (Å²) in [6.45, 7) is 0. The van der Waals surface area contributed by atoms with Gasteiger partial charge in [0.25, 0.3) is 0 Å². The van der Waals surface area contributed by atoms with E-state index in [0.717, 1.165) is 0 Å². The van der Waals surface area contributed by atoms with Crippen LogP contribution < -0.4 is 0 Å². The molecule has 0 saturated carbocycles. The number of benzene rings is 7. The van der Waals surface area contributed by atoms with E-state index in [-0.39, 0.29) is 0 Å². The number of hydrogen-bond donors (Lipinski definition) is 0. The molecule has 0 atom stereocenters. The molecule has 2 nitrogen and oxygen atoms in total. The molecular weight excluding hydrogens is 565 g/mol. The molecule has 0 fully saturated rings. The largest absolute Gasteiger partial charge is 0.309 e. The van der Waals surface area contributed by atoms with E-state index in [1.807, 2.05) is 11.3 Å². The average Bonchev–Trinajstić information content (AvgIpc) is 3.75. The van der Waals surface area contributed by atoms with E-state index in [1.54, 1.807) is 0 Å². The lowest BCUT2D eigenvalue weighted by Crippen LogP contribution is -1.96. The maximum Gasteiger partial charge on any atom is 0.0634 e. The highest BCUT2D eigenvalue weighted by molar-refractivity contribution is 7.26. The van der Waals surface area contributed by atoms with Gasteiger partial charge in [-0.2, -0.15) is 0 Å². The second-order valence-corrected chi connectivity index (χ2v) is 12.8. The van der Waals surface area contributed by atoms with Crippen molar-refractivity contribution in [3.63, 3.8) is 0 Å². The van der Waals surface area contributed by atoms with Gasteiger partial charge in [0.1, 0.15) is 0 Å². The molecule has 0 radical (unpaired) electrons. The molecule has 0 aliphatic rings. The van der Waals surface area contributed by atoms with Crippen LogP contribution in [-0.2, 0) is 0 Å². The molecule has 0 bridgehead atoms. The van der Waals surface area contributed by atoms with Gasteiger partial charge >= 0.3 is 0 Å². The van der Waals surface area contributed by atoms with Gasteiger partial charge < -0.3 is 9.13 Å². The van der Waals surface area contributed by atoms with Crippen LogP contribution >= 0.6 is 11.3 Å². The zero-order valence-electron chi connectivity index (χ0n) is 24.3. The minimum atomic E-state index is 1.17. The fraction of sp³-hybridized carbons (Fsp3) is 0. The number of para-hydroxylation sites is 2. The van der Waals surface area contributed by atoms with Gasteiger partial charge in [0, 0.05) is 53.1 Å². The molecule has 0 aliphatic carbocycles. The van der Waals surface area contributed by atoms with Crippen LogP contribution in [0.25, 0.3) is 86.3 Å². The van der Waals surface area contributed by atoms with Crippen LogP contribution in [0.3, 0.4) is 0 Å². The molecular formula is C42H26N2S. The van der Waals surface area contributed by atoms with Crippen molar-refractivity contribution in [3.05, 3.63) is 158 Å². The summed E-state index contributed by atoms with van der Waals surface area (Å²) in [5.74, 6) is 0. The quantitative estimate of drug-likeness (QED) is 0.194. The van der Waals surface area contributed by atoms with E-state index < -0.39 is 0 Å². The number of hydrogen-bond acceptors (Lipinski definition) is 1. The molecule has 0 aliphatic heterocycles. The van der Waals surface area contributed by atoms with E-state index >= 15 is 0 Å². The predicted molar refractivity (Wildman–Crippen MR) is 193 cm³/mol. The first-order chi connectivity index (χ1) is 22.3. The van der Waals surface area contributed by atoms with Crippen LogP contribution in [0, 0.1) is 0 Å². The fourth-order valence-corrected chi connectivity index (χ4v) is 8.46. The van der Waals surface area contributed by atoms with Gasteiger partial charge in [-0.1, -0.05) is 103 Å². The molecule has 0 N–H and O–H groups in total. The van der Waals surface area contributed by atoms with Gasteiger partial charge in [0.15, 0.2) is 0 Å². The first-order valence-corrected chi connectivity index (χ1v) is 16.2. The lowest BCUT2D eigenvalue weighted by molar-refractivity contribution is 1.17. The Morgan fingerprint density at radius 3 is 1.89 bits per heavy atom. The Morgan fingerprint density at radius 2 is 1.02 bits per heavy atom. The molecule has 0 spiro atoms. The molecule has 3 aromatic heterocycles. The van der Waals surface area contributed by atoms with Crippen LogP contribution in [0.2, 0.25) is 0 Å². The summed E-state index contributed by atoms with van der Waals surface area (Å²) in [6.07, 6.45) is 0. The summed E-state index contributed by atoms with van der Waals surface area (Å²) in [5, 5.41) is 7.74. The van der Waals surface area contributed by atoms with Crippen molar-refractivity contribution in [3.8, 4) is 22.5 Å². The number of rotatable bonds is 3. The Balaban J connectivity index is 1.41. The number of nitrogens with zero attached hydrogens (tertiary/aromatic N) is 2. The van der Waals surface area contributed by atoms with Crippen molar-refractivity contribution in [2.75, 3.05) is 0 Å². The minimum absolute atomic E-state index is 1.17. The first kappa shape index (κ1) is 24.8. The van der Waals surface area contributed by atoms with Crippen LogP contribution in [0.1, 0.15) is 0 Å².